The molecule has 0 spiro atoms. The van der Waals surface area contributed by atoms with Gasteiger partial charge in [-0.25, -0.2) is 13.1 Å². The second-order valence-corrected chi connectivity index (χ2v) is 7.20. The van der Waals surface area contributed by atoms with Crippen LogP contribution in [0, 0.1) is 5.41 Å². The van der Waals surface area contributed by atoms with Gasteiger partial charge in [0.1, 0.15) is 5.84 Å². The van der Waals surface area contributed by atoms with Crippen molar-refractivity contribution in [2.45, 2.75) is 37.6 Å². The first-order chi connectivity index (χ1) is 9.44. The van der Waals surface area contributed by atoms with Gasteiger partial charge in [-0.2, -0.15) is 0 Å². The van der Waals surface area contributed by atoms with Crippen LogP contribution in [0.4, 0.5) is 0 Å². The molecule has 1 aromatic rings. The van der Waals surface area contributed by atoms with Crippen LogP contribution in [0.1, 0.15) is 31.2 Å². The Kier molecular flexibility index (Phi) is 4.45. The van der Waals surface area contributed by atoms with Gasteiger partial charge in [-0.15, -0.1) is 0 Å². The van der Waals surface area contributed by atoms with E-state index in [9.17, 15) is 8.42 Å². The molecule has 0 atom stereocenters. The predicted molar refractivity (Wildman–Crippen MR) is 80.2 cm³/mol. The summed E-state index contributed by atoms with van der Waals surface area (Å²) in [5, 5.41) is 7.67. The third kappa shape index (κ3) is 3.58. The van der Waals surface area contributed by atoms with E-state index in [0.29, 0.717) is 19.3 Å². The summed E-state index contributed by atoms with van der Waals surface area (Å²) in [6.45, 7) is 0. The van der Waals surface area contributed by atoms with Gasteiger partial charge in [-0.1, -0.05) is 43.2 Å². The van der Waals surface area contributed by atoms with Crippen molar-refractivity contribution >= 4 is 15.9 Å². The van der Waals surface area contributed by atoms with E-state index in [4.69, 9.17) is 11.1 Å². The van der Waals surface area contributed by atoms with E-state index in [-0.39, 0.29) is 11.6 Å². The topological polar surface area (TPSA) is 96.0 Å². The molecule has 1 aliphatic carbocycles. The fourth-order valence-corrected chi connectivity index (χ4v) is 4.17. The van der Waals surface area contributed by atoms with Gasteiger partial charge in [0.05, 0.1) is 11.3 Å². The zero-order valence-electron chi connectivity index (χ0n) is 11.4. The summed E-state index contributed by atoms with van der Waals surface area (Å²) in [4.78, 5) is 0. The van der Waals surface area contributed by atoms with Gasteiger partial charge in [-0.05, 0) is 24.8 Å². The first-order valence-electron chi connectivity index (χ1n) is 6.84. The number of aryl methyl sites for hydroxylation is 1. The minimum atomic E-state index is -3.44. The molecule has 6 heteroatoms. The molecule has 4 N–H and O–H groups in total. The van der Waals surface area contributed by atoms with Crippen LogP contribution in [-0.2, 0) is 16.4 Å². The van der Waals surface area contributed by atoms with Crippen LogP contribution in [0.2, 0.25) is 0 Å². The Bertz CT molecular complexity index is 563. The Hall–Kier alpha value is -1.40. The molecule has 1 aromatic carbocycles. The van der Waals surface area contributed by atoms with Crippen molar-refractivity contribution in [1.82, 2.24) is 4.72 Å². The summed E-state index contributed by atoms with van der Waals surface area (Å²) >= 11 is 0. The van der Waals surface area contributed by atoms with Gasteiger partial charge in [-0.3, -0.25) is 5.41 Å². The van der Waals surface area contributed by atoms with Crippen molar-refractivity contribution in [3.8, 4) is 0 Å². The minimum Gasteiger partial charge on any atom is -0.386 e. The highest BCUT2D eigenvalue weighted by atomic mass is 32.2. The number of rotatable bonds is 6. The van der Waals surface area contributed by atoms with Crippen molar-refractivity contribution < 1.29 is 8.42 Å². The smallest absolute Gasteiger partial charge is 0.212 e. The van der Waals surface area contributed by atoms with Gasteiger partial charge >= 0.3 is 0 Å². The molecule has 0 radical (unpaired) electrons. The third-order valence-electron chi connectivity index (χ3n) is 3.83. The van der Waals surface area contributed by atoms with Gasteiger partial charge < -0.3 is 5.73 Å². The minimum absolute atomic E-state index is 0.0199. The molecule has 0 unspecified atom stereocenters. The molecule has 1 aliphatic rings. The van der Waals surface area contributed by atoms with E-state index in [1.165, 1.54) is 0 Å². The summed E-state index contributed by atoms with van der Waals surface area (Å²) < 4.78 is 27.1. The standard InChI is InChI=1S/C14H21N3O2S/c15-13(16)14(9-4-5-10-14)17-20(18,19)11-8-12-6-2-1-3-7-12/h1-3,6-7,17H,4-5,8-11H2,(H3,15,16). The van der Waals surface area contributed by atoms with Crippen molar-refractivity contribution in [3.63, 3.8) is 0 Å². The molecule has 0 aromatic heterocycles. The maximum Gasteiger partial charge on any atom is 0.212 e. The number of amidine groups is 1. The molecular weight excluding hydrogens is 274 g/mol. The number of benzene rings is 1. The summed E-state index contributed by atoms with van der Waals surface area (Å²) in [5.74, 6) is -0.0511. The summed E-state index contributed by atoms with van der Waals surface area (Å²) in [5.41, 5.74) is 5.74. The quantitative estimate of drug-likeness (QED) is 0.546. The zero-order chi connectivity index (χ0) is 14.6. The van der Waals surface area contributed by atoms with Crippen LogP contribution in [0.15, 0.2) is 30.3 Å². The van der Waals surface area contributed by atoms with E-state index >= 15 is 0 Å². The van der Waals surface area contributed by atoms with Crippen LogP contribution in [0.25, 0.3) is 0 Å². The molecule has 2 rings (SSSR count). The van der Waals surface area contributed by atoms with Crippen molar-refractivity contribution in [2.75, 3.05) is 5.75 Å². The largest absolute Gasteiger partial charge is 0.386 e. The van der Waals surface area contributed by atoms with E-state index in [1.54, 1.807) is 0 Å². The number of hydrogen-bond donors (Lipinski definition) is 3. The van der Waals surface area contributed by atoms with Gasteiger partial charge in [0.25, 0.3) is 0 Å². The SMILES string of the molecule is N=C(N)C1(NS(=O)(=O)CCc2ccccc2)CCCC1. The molecule has 0 saturated heterocycles. The molecule has 110 valence electrons. The second kappa shape index (κ2) is 5.93. The Labute approximate surface area is 120 Å². The zero-order valence-corrected chi connectivity index (χ0v) is 12.2. The summed E-state index contributed by atoms with van der Waals surface area (Å²) in [7, 11) is -3.44. The van der Waals surface area contributed by atoms with Crippen LogP contribution in [0.3, 0.4) is 0 Å². The average molecular weight is 295 g/mol. The number of nitrogens with two attached hydrogens (primary N) is 1. The van der Waals surface area contributed by atoms with Crippen molar-refractivity contribution in [3.05, 3.63) is 35.9 Å². The Morgan fingerprint density at radius 1 is 1.25 bits per heavy atom. The highest BCUT2D eigenvalue weighted by Gasteiger charge is 2.40. The molecule has 0 aliphatic heterocycles. The van der Waals surface area contributed by atoms with E-state index < -0.39 is 15.6 Å². The Morgan fingerprint density at radius 2 is 1.85 bits per heavy atom. The fraction of sp³-hybridized carbons (Fsp3) is 0.500. The van der Waals surface area contributed by atoms with Crippen LogP contribution < -0.4 is 10.5 Å². The molecular formula is C14H21N3O2S. The van der Waals surface area contributed by atoms with E-state index in [1.807, 2.05) is 30.3 Å². The molecule has 1 saturated carbocycles. The highest BCUT2D eigenvalue weighted by molar-refractivity contribution is 7.89. The predicted octanol–water partition coefficient (Wildman–Crippen LogP) is 1.40. The van der Waals surface area contributed by atoms with Crippen LogP contribution >= 0.6 is 0 Å². The van der Waals surface area contributed by atoms with Gasteiger partial charge in [0.2, 0.25) is 10.0 Å². The second-order valence-electron chi connectivity index (χ2n) is 5.36. The molecule has 5 nitrogen and oxygen atoms in total. The molecule has 0 amide bonds. The van der Waals surface area contributed by atoms with Gasteiger partial charge in [0, 0.05) is 0 Å². The Morgan fingerprint density at radius 3 is 2.40 bits per heavy atom. The highest BCUT2D eigenvalue weighted by Crippen LogP contribution is 2.30. The maximum absolute atomic E-state index is 12.2. The monoisotopic (exact) mass is 295 g/mol. The number of hydrogen-bond acceptors (Lipinski definition) is 3. The third-order valence-corrected chi connectivity index (χ3v) is 5.27. The van der Waals surface area contributed by atoms with Crippen molar-refractivity contribution in [2.24, 2.45) is 5.73 Å². The normalized spacial score (nSPS) is 18.0. The lowest BCUT2D eigenvalue weighted by Crippen LogP contribution is -2.55. The lowest BCUT2D eigenvalue weighted by Gasteiger charge is -2.28. The molecule has 1 fully saturated rings. The van der Waals surface area contributed by atoms with Crippen LogP contribution in [-0.4, -0.2) is 25.5 Å². The number of nitrogens with one attached hydrogen (secondary N) is 2. The molecule has 0 heterocycles. The van der Waals surface area contributed by atoms with E-state index in [0.717, 1.165) is 18.4 Å². The van der Waals surface area contributed by atoms with Crippen molar-refractivity contribution in [1.29, 1.82) is 5.41 Å². The Balaban J connectivity index is 2.02. The van der Waals surface area contributed by atoms with Gasteiger partial charge in [0.15, 0.2) is 0 Å². The summed E-state index contributed by atoms with van der Waals surface area (Å²) in [6, 6.07) is 9.50. The first kappa shape index (κ1) is 15.0. The average Bonchev–Trinajstić information content (AvgIpc) is 2.87. The first-order valence-corrected chi connectivity index (χ1v) is 8.49. The summed E-state index contributed by atoms with van der Waals surface area (Å²) in [6.07, 6.45) is 3.51. The molecule has 0 bridgehead atoms. The maximum atomic E-state index is 12.2. The van der Waals surface area contributed by atoms with Crippen LogP contribution in [0.5, 0.6) is 0 Å². The molecule has 20 heavy (non-hydrogen) atoms. The number of sulfonamides is 1. The lowest BCUT2D eigenvalue weighted by molar-refractivity contribution is 0.496. The lowest BCUT2D eigenvalue weighted by atomic mass is 9.98. The van der Waals surface area contributed by atoms with E-state index in [2.05, 4.69) is 4.72 Å². The fourth-order valence-electron chi connectivity index (χ4n) is 2.65.